The monoisotopic (exact) mass is 396 g/mol. The van der Waals surface area contributed by atoms with Gasteiger partial charge >= 0.3 is 0 Å². The summed E-state index contributed by atoms with van der Waals surface area (Å²) in [5.41, 5.74) is 7.84. The maximum Gasteiger partial charge on any atom is 0.265 e. The van der Waals surface area contributed by atoms with Crippen molar-refractivity contribution in [1.82, 2.24) is 4.90 Å². The molecule has 0 saturated carbocycles. The number of alkyl halides is 2. The maximum atomic E-state index is 13.6. The molecular weight excluding hydrogens is 374 g/mol. The predicted octanol–water partition coefficient (Wildman–Crippen LogP) is 4.02. The highest BCUT2D eigenvalue weighted by Crippen LogP contribution is 2.28. The van der Waals surface area contributed by atoms with E-state index in [1.165, 1.54) is 4.90 Å². The minimum atomic E-state index is -2.82. The van der Waals surface area contributed by atoms with E-state index in [1.807, 2.05) is 30.3 Å². The fourth-order valence-electron chi connectivity index (χ4n) is 3.07. The molecule has 146 valence electrons. The molecule has 1 aliphatic rings. The topological polar surface area (TPSA) is 55.6 Å². The number of carbonyl (C=O) groups excluding carboxylic acids is 1. The van der Waals surface area contributed by atoms with E-state index in [-0.39, 0.29) is 25.4 Å². The second-order valence-electron chi connectivity index (χ2n) is 6.49. The molecule has 3 rings (SSSR count). The number of likely N-dealkylation sites (tertiary alicyclic amines) is 1. The number of benzene rings is 2. The van der Waals surface area contributed by atoms with Gasteiger partial charge in [-0.1, -0.05) is 30.3 Å². The lowest BCUT2D eigenvalue weighted by atomic mass is 10.0. The molecule has 0 bridgehead atoms. The van der Waals surface area contributed by atoms with Gasteiger partial charge in [-0.2, -0.15) is 0 Å². The summed E-state index contributed by atoms with van der Waals surface area (Å²) in [5.74, 6) is -2.62. The number of hydrogen-bond acceptors (Lipinski definition) is 3. The Hall–Kier alpha value is -2.18. The summed E-state index contributed by atoms with van der Waals surface area (Å²) < 4.78 is 32.9. The first-order valence-corrected chi connectivity index (χ1v) is 8.65. The highest BCUT2D eigenvalue weighted by atomic mass is 35.5. The molecule has 1 fully saturated rings. The molecule has 1 amide bonds. The second kappa shape index (κ2) is 9.15. The van der Waals surface area contributed by atoms with Crippen LogP contribution in [0.1, 0.15) is 34.3 Å². The van der Waals surface area contributed by atoms with Gasteiger partial charge in [0, 0.05) is 30.6 Å². The lowest BCUT2D eigenvalue weighted by Gasteiger charge is -2.32. The number of carbonyl (C=O) groups is 1. The molecule has 27 heavy (non-hydrogen) atoms. The molecule has 0 atom stereocenters. The zero-order valence-corrected chi connectivity index (χ0v) is 15.7. The molecule has 2 aromatic carbocycles. The molecule has 2 N–H and O–H groups in total. The van der Waals surface area contributed by atoms with Crippen molar-refractivity contribution in [1.29, 1.82) is 0 Å². The molecule has 1 saturated heterocycles. The van der Waals surface area contributed by atoms with Crippen LogP contribution >= 0.6 is 12.4 Å². The van der Waals surface area contributed by atoms with Gasteiger partial charge in [-0.15, -0.1) is 12.4 Å². The van der Waals surface area contributed by atoms with Gasteiger partial charge < -0.3 is 15.4 Å². The zero-order chi connectivity index (χ0) is 18.6. The first kappa shape index (κ1) is 21.1. The number of amides is 1. The fourth-order valence-corrected chi connectivity index (χ4v) is 3.07. The fraction of sp³-hybridized carbons (Fsp3) is 0.350. The van der Waals surface area contributed by atoms with Crippen molar-refractivity contribution in [3.63, 3.8) is 0 Å². The van der Waals surface area contributed by atoms with Crippen LogP contribution in [0.25, 0.3) is 0 Å². The highest BCUT2D eigenvalue weighted by molar-refractivity contribution is 5.94. The van der Waals surface area contributed by atoms with Crippen LogP contribution in [-0.2, 0) is 13.2 Å². The Bertz CT molecular complexity index is 772. The summed E-state index contributed by atoms with van der Waals surface area (Å²) in [7, 11) is 0. The largest absolute Gasteiger partial charge is 0.489 e. The lowest BCUT2D eigenvalue weighted by Crippen LogP contribution is -2.45. The van der Waals surface area contributed by atoms with Gasteiger partial charge in [0.1, 0.15) is 12.4 Å². The summed E-state index contributed by atoms with van der Waals surface area (Å²) in [6.07, 6.45) is 0.137. The molecule has 7 heteroatoms. The number of nitrogens with two attached hydrogens (primary N) is 1. The first-order chi connectivity index (χ1) is 12.5. The van der Waals surface area contributed by atoms with Crippen molar-refractivity contribution in [2.24, 2.45) is 5.73 Å². The number of ether oxygens (including phenoxy) is 1. The molecule has 4 nitrogen and oxygen atoms in total. The quantitative estimate of drug-likeness (QED) is 0.830. The molecule has 1 aliphatic heterocycles. The van der Waals surface area contributed by atoms with Crippen molar-refractivity contribution >= 4 is 18.3 Å². The number of halogens is 3. The lowest BCUT2D eigenvalue weighted by molar-refractivity contribution is -0.0560. The van der Waals surface area contributed by atoms with E-state index in [4.69, 9.17) is 10.5 Å². The Labute approximate surface area is 163 Å². The Kier molecular flexibility index (Phi) is 7.16. The van der Waals surface area contributed by atoms with E-state index in [9.17, 15) is 13.6 Å². The molecule has 0 spiro atoms. The van der Waals surface area contributed by atoms with Crippen molar-refractivity contribution < 1.29 is 18.3 Å². The van der Waals surface area contributed by atoms with Crippen molar-refractivity contribution in [2.45, 2.75) is 31.9 Å². The van der Waals surface area contributed by atoms with E-state index in [2.05, 4.69) is 0 Å². The standard InChI is InChI=1S/C20H22F2N2O2.ClH/c21-20(22)9-4-10-24(14-20)19(25)16-7-8-18(17(11-16)12-23)26-13-15-5-2-1-3-6-15;/h1-3,5-8,11H,4,9-10,12-14,23H2;1H. The number of hydrogen-bond donors (Lipinski definition) is 1. The minimum absolute atomic E-state index is 0. The van der Waals surface area contributed by atoms with E-state index >= 15 is 0 Å². The summed E-state index contributed by atoms with van der Waals surface area (Å²) in [6.45, 7) is 0.398. The van der Waals surface area contributed by atoms with Gasteiger partial charge in [0.15, 0.2) is 0 Å². The summed E-state index contributed by atoms with van der Waals surface area (Å²) in [5, 5.41) is 0. The van der Waals surface area contributed by atoms with E-state index in [0.29, 0.717) is 36.4 Å². The van der Waals surface area contributed by atoms with Crippen molar-refractivity contribution in [2.75, 3.05) is 13.1 Å². The van der Waals surface area contributed by atoms with Crippen LogP contribution in [0.2, 0.25) is 0 Å². The molecule has 1 heterocycles. The molecule has 2 aromatic rings. The van der Waals surface area contributed by atoms with Crippen LogP contribution in [0.3, 0.4) is 0 Å². The SMILES string of the molecule is Cl.NCc1cc(C(=O)N2CCCC(F)(F)C2)ccc1OCc1ccccc1. The van der Waals surface area contributed by atoms with Gasteiger partial charge in [-0.25, -0.2) is 8.78 Å². The third kappa shape index (κ3) is 5.40. The summed E-state index contributed by atoms with van der Waals surface area (Å²) >= 11 is 0. The highest BCUT2D eigenvalue weighted by Gasteiger charge is 2.37. The normalized spacial score (nSPS) is 15.7. The Balaban J connectivity index is 0.00000261. The first-order valence-electron chi connectivity index (χ1n) is 8.65. The van der Waals surface area contributed by atoms with Crippen LogP contribution in [0.15, 0.2) is 48.5 Å². The zero-order valence-electron chi connectivity index (χ0n) is 14.9. The van der Waals surface area contributed by atoms with Gasteiger partial charge in [-0.3, -0.25) is 4.79 Å². The third-order valence-corrected chi connectivity index (χ3v) is 4.44. The smallest absolute Gasteiger partial charge is 0.265 e. The number of piperidine rings is 1. The van der Waals surface area contributed by atoms with Crippen molar-refractivity contribution in [3.05, 3.63) is 65.2 Å². The molecule has 0 aliphatic carbocycles. The predicted molar refractivity (Wildman–Crippen MR) is 102 cm³/mol. The number of nitrogens with zero attached hydrogens (tertiary/aromatic N) is 1. The molecule has 0 radical (unpaired) electrons. The van der Waals surface area contributed by atoms with Crippen molar-refractivity contribution in [3.8, 4) is 5.75 Å². The van der Waals surface area contributed by atoms with Crippen LogP contribution in [-0.4, -0.2) is 29.8 Å². The third-order valence-electron chi connectivity index (χ3n) is 4.44. The Morgan fingerprint density at radius 3 is 2.59 bits per heavy atom. The molecule has 0 aromatic heterocycles. The van der Waals surface area contributed by atoms with E-state index in [1.54, 1.807) is 18.2 Å². The average Bonchev–Trinajstić information content (AvgIpc) is 2.65. The maximum absolute atomic E-state index is 13.6. The van der Waals surface area contributed by atoms with Crippen LogP contribution in [0.5, 0.6) is 5.75 Å². The summed E-state index contributed by atoms with van der Waals surface area (Å²) in [6, 6.07) is 14.6. The van der Waals surface area contributed by atoms with Gasteiger partial charge in [0.05, 0.1) is 6.54 Å². The Morgan fingerprint density at radius 2 is 1.93 bits per heavy atom. The number of rotatable bonds is 5. The van der Waals surface area contributed by atoms with Gasteiger partial charge in [0.25, 0.3) is 11.8 Å². The second-order valence-corrected chi connectivity index (χ2v) is 6.49. The average molecular weight is 397 g/mol. The van der Waals surface area contributed by atoms with Crippen LogP contribution in [0.4, 0.5) is 8.78 Å². The van der Waals surface area contributed by atoms with Crippen LogP contribution in [0, 0.1) is 0 Å². The van der Waals surface area contributed by atoms with Gasteiger partial charge in [-0.05, 0) is 30.2 Å². The van der Waals surface area contributed by atoms with Crippen LogP contribution < -0.4 is 10.5 Å². The van der Waals surface area contributed by atoms with E-state index in [0.717, 1.165) is 5.56 Å². The van der Waals surface area contributed by atoms with Gasteiger partial charge in [0.2, 0.25) is 0 Å². The molecule has 0 unspecified atom stereocenters. The van der Waals surface area contributed by atoms with E-state index < -0.39 is 18.4 Å². The minimum Gasteiger partial charge on any atom is -0.489 e. The summed E-state index contributed by atoms with van der Waals surface area (Å²) in [4.78, 5) is 13.8. The molecular formula is C20H23ClF2N2O2. The Morgan fingerprint density at radius 1 is 1.19 bits per heavy atom.